The minimum absolute atomic E-state index is 0.0195. The Bertz CT molecular complexity index is 486. The molecule has 5 nitrogen and oxygen atoms in total. The van der Waals surface area contributed by atoms with Crippen molar-refractivity contribution in [2.45, 2.75) is 32.7 Å². The van der Waals surface area contributed by atoms with Crippen molar-refractivity contribution in [1.29, 1.82) is 0 Å². The molecule has 1 fully saturated rings. The van der Waals surface area contributed by atoms with E-state index in [0.29, 0.717) is 24.3 Å². The molecule has 1 N–H and O–H groups in total. The van der Waals surface area contributed by atoms with Crippen LogP contribution in [0.5, 0.6) is 0 Å². The van der Waals surface area contributed by atoms with Crippen molar-refractivity contribution in [1.82, 2.24) is 14.8 Å². The van der Waals surface area contributed by atoms with Crippen molar-refractivity contribution >= 4 is 11.7 Å². The molecule has 1 aliphatic rings. The first-order chi connectivity index (χ1) is 10.5. The van der Waals surface area contributed by atoms with Gasteiger partial charge in [-0.3, -0.25) is 9.69 Å². The molecule has 0 saturated carbocycles. The number of hydrogen-bond acceptors (Lipinski definition) is 4. The molecule has 0 unspecified atom stereocenters. The smallest absolute Gasteiger partial charge is 0.239 e. The number of nitrogens with zero attached hydrogens (tertiary/aromatic N) is 3. The summed E-state index contributed by atoms with van der Waals surface area (Å²) in [7, 11) is 4.26. The average molecular weight is 304 g/mol. The minimum atomic E-state index is 0.0195. The Labute approximate surface area is 133 Å². The molecule has 1 aromatic rings. The van der Waals surface area contributed by atoms with Gasteiger partial charge in [-0.25, -0.2) is 4.98 Å². The fraction of sp³-hybridized carbons (Fsp3) is 0.647. The van der Waals surface area contributed by atoms with Gasteiger partial charge in [0.25, 0.3) is 0 Å². The summed E-state index contributed by atoms with van der Waals surface area (Å²) in [6, 6.07) is 4.35. The zero-order chi connectivity index (χ0) is 16.1. The molecule has 1 aliphatic heterocycles. The fourth-order valence-corrected chi connectivity index (χ4v) is 3.24. The van der Waals surface area contributed by atoms with Gasteiger partial charge in [-0.05, 0) is 45.0 Å². The van der Waals surface area contributed by atoms with Crippen LogP contribution in [0.3, 0.4) is 0 Å². The van der Waals surface area contributed by atoms with E-state index in [1.165, 1.54) is 12.8 Å². The first-order valence-corrected chi connectivity index (χ1v) is 8.11. The van der Waals surface area contributed by atoms with E-state index >= 15 is 0 Å². The molecule has 0 aromatic carbocycles. The highest BCUT2D eigenvalue weighted by molar-refractivity contribution is 5.91. The predicted octanol–water partition coefficient (Wildman–Crippen LogP) is 1.99. The number of rotatable bonds is 6. The Morgan fingerprint density at radius 3 is 2.77 bits per heavy atom. The molecule has 2 rings (SSSR count). The topological polar surface area (TPSA) is 48.5 Å². The standard InChI is InChI=1S/C17H28N4O/c1-5-6-14-10-21(11-15(14)20(3)4)12-17(22)19-16-8-7-13(2)9-18-16/h7-9,14-15H,5-6,10-12H2,1-4H3,(H,18,19,22)/t14-,15-/m1/s1. The molecule has 0 radical (unpaired) electrons. The maximum atomic E-state index is 12.2. The van der Waals surface area contributed by atoms with Crippen molar-refractivity contribution in [3.63, 3.8) is 0 Å². The largest absolute Gasteiger partial charge is 0.310 e. The molecule has 0 spiro atoms. The number of anilines is 1. The Kier molecular flexibility index (Phi) is 5.91. The first-order valence-electron chi connectivity index (χ1n) is 8.11. The molecule has 1 saturated heterocycles. The van der Waals surface area contributed by atoms with Gasteiger partial charge in [0.2, 0.25) is 5.91 Å². The lowest BCUT2D eigenvalue weighted by molar-refractivity contribution is -0.117. The van der Waals surface area contributed by atoms with Crippen molar-refractivity contribution in [3.05, 3.63) is 23.9 Å². The van der Waals surface area contributed by atoms with E-state index in [9.17, 15) is 4.79 Å². The summed E-state index contributed by atoms with van der Waals surface area (Å²) < 4.78 is 0. The lowest BCUT2D eigenvalue weighted by Gasteiger charge is -2.24. The Hall–Kier alpha value is -1.46. The summed E-state index contributed by atoms with van der Waals surface area (Å²) in [5, 5.41) is 2.88. The van der Waals surface area contributed by atoms with Crippen LogP contribution in [0.25, 0.3) is 0 Å². The minimum Gasteiger partial charge on any atom is -0.310 e. The lowest BCUT2D eigenvalue weighted by atomic mass is 9.98. The van der Waals surface area contributed by atoms with Crippen LogP contribution >= 0.6 is 0 Å². The third-order valence-electron chi connectivity index (χ3n) is 4.35. The molecule has 0 aliphatic carbocycles. The molecular weight excluding hydrogens is 276 g/mol. The molecule has 122 valence electrons. The number of likely N-dealkylation sites (N-methyl/N-ethyl adjacent to an activating group) is 1. The van der Waals surface area contributed by atoms with Crippen LogP contribution in [0.4, 0.5) is 5.82 Å². The Balaban J connectivity index is 1.87. The number of aryl methyl sites for hydroxylation is 1. The van der Waals surface area contributed by atoms with E-state index in [1.54, 1.807) is 6.20 Å². The van der Waals surface area contributed by atoms with Gasteiger partial charge in [-0.2, -0.15) is 0 Å². The summed E-state index contributed by atoms with van der Waals surface area (Å²) in [5.41, 5.74) is 1.09. The summed E-state index contributed by atoms with van der Waals surface area (Å²) in [6.45, 7) is 6.63. The van der Waals surface area contributed by atoms with Crippen LogP contribution in [0.2, 0.25) is 0 Å². The van der Waals surface area contributed by atoms with E-state index < -0.39 is 0 Å². The van der Waals surface area contributed by atoms with Gasteiger partial charge < -0.3 is 10.2 Å². The zero-order valence-corrected chi connectivity index (χ0v) is 14.2. The van der Waals surface area contributed by atoms with Crippen molar-refractivity contribution in [2.24, 2.45) is 5.92 Å². The number of likely N-dealkylation sites (tertiary alicyclic amines) is 1. The molecular formula is C17H28N4O. The van der Waals surface area contributed by atoms with E-state index in [1.807, 2.05) is 19.1 Å². The second kappa shape index (κ2) is 7.70. The van der Waals surface area contributed by atoms with E-state index in [-0.39, 0.29) is 5.91 Å². The number of carbonyl (C=O) groups excluding carboxylic acids is 1. The lowest BCUT2D eigenvalue weighted by Crippen LogP contribution is -2.36. The summed E-state index contributed by atoms with van der Waals surface area (Å²) in [4.78, 5) is 21.0. The molecule has 1 amide bonds. The van der Waals surface area contributed by atoms with Crippen LogP contribution in [0.1, 0.15) is 25.3 Å². The third-order valence-corrected chi connectivity index (χ3v) is 4.35. The van der Waals surface area contributed by atoms with Gasteiger partial charge in [-0.15, -0.1) is 0 Å². The van der Waals surface area contributed by atoms with Crippen LogP contribution in [0.15, 0.2) is 18.3 Å². The fourth-order valence-electron chi connectivity index (χ4n) is 3.24. The van der Waals surface area contributed by atoms with Gasteiger partial charge in [0, 0.05) is 25.3 Å². The summed E-state index contributed by atoms with van der Waals surface area (Å²) in [5.74, 6) is 1.31. The van der Waals surface area contributed by atoms with Gasteiger partial charge in [-0.1, -0.05) is 19.4 Å². The monoisotopic (exact) mass is 304 g/mol. The number of carbonyl (C=O) groups is 1. The SMILES string of the molecule is CCC[C@@H]1CN(CC(=O)Nc2ccc(C)cn2)C[C@H]1N(C)C. The quantitative estimate of drug-likeness (QED) is 0.873. The molecule has 2 atom stereocenters. The second-order valence-corrected chi connectivity index (χ2v) is 6.54. The average Bonchev–Trinajstić information content (AvgIpc) is 2.84. The highest BCUT2D eigenvalue weighted by atomic mass is 16.2. The van der Waals surface area contributed by atoms with Gasteiger partial charge in [0.15, 0.2) is 0 Å². The van der Waals surface area contributed by atoms with Gasteiger partial charge in [0.1, 0.15) is 5.82 Å². The van der Waals surface area contributed by atoms with Crippen LogP contribution in [0, 0.1) is 12.8 Å². The highest BCUT2D eigenvalue weighted by Crippen LogP contribution is 2.24. The molecule has 2 heterocycles. The van der Waals surface area contributed by atoms with Gasteiger partial charge in [0.05, 0.1) is 6.54 Å². The number of hydrogen-bond donors (Lipinski definition) is 1. The Morgan fingerprint density at radius 1 is 1.41 bits per heavy atom. The second-order valence-electron chi connectivity index (χ2n) is 6.54. The predicted molar refractivity (Wildman–Crippen MR) is 89.9 cm³/mol. The molecule has 1 aromatic heterocycles. The highest BCUT2D eigenvalue weighted by Gasteiger charge is 2.34. The maximum Gasteiger partial charge on any atom is 0.239 e. The number of aromatic nitrogens is 1. The number of pyridine rings is 1. The van der Waals surface area contributed by atoms with E-state index in [4.69, 9.17) is 0 Å². The zero-order valence-electron chi connectivity index (χ0n) is 14.2. The number of nitrogens with one attached hydrogen (secondary N) is 1. The molecule has 22 heavy (non-hydrogen) atoms. The van der Waals surface area contributed by atoms with Crippen molar-refractivity contribution in [2.75, 3.05) is 39.0 Å². The maximum absolute atomic E-state index is 12.2. The van der Waals surface area contributed by atoms with Crippen LogP contribution in [-0.2, 0) is 4.79 Å². The van der Waals surface area contributed by atoms with E-state index in [2.05, 4.69) is 41.1 Å². The van der Waals surface area contributed by atoms with Crippen molar-refractivity contribution in [3.8, 4) is 0 Å². The van der Waals surface area contributed by atoms with Crippen LogP contribution in [-0.4, -0.2) is 60.5 Å². The third kappa shape index (κ3) is 4.52. The Morgan fingerprint density at radius 2 is 2.18 bits per heavy atom. The number of amides is 1. The summed E-state index contributed by atoms with van der Waals surface area (Å²) >= 11 is 0. The van der Waals surface area contributed by atoms with Crippen molar-refractivity contribution < 1.29 is 4.79 Å². The normalized spacial score (nSPS) is 22.2. The van der Waals surface area contributed by atoms with E-state index in [0.717, 1.165) is 18.7 Å². The van der Waals surface area contributed by atoms with Gasteiger partial charge >= 0.3 is 0 Å². The summed E-state index contributed by atoms with van der Waals surface area (Å²) in [6.07, 6.45) is 4.19. The van der Waals surface area contributed by atoms with Crippen LogP contribution < -0.4 is 5.32 Å². The molecule has 0 bridgehead atoms. The molecule has 5 heteroatoms. The first kappa shape index (κ1) is 16.9.